The van der Waals surface area contributed by atoms with E-state index < -0.39 is 0 Å². The second kappa shape index (κ2) is 4.56. The summed E-state index contributed by atoms with van der Waals surface area (Å²) >= 11 is 1.45. The number of thiophene rings is 1. The second-order valence-electron chi connectivity index (χ2n) is 5.69. The Bertz CT molecular complexity index is 808. The number of fused-ring (bicyclic) bond motifs is 1. The standard InChI is InChI=1S/C14H15N3O2S/c1-14(2,3)13-16-15-11(19-13)8-17-6-4-10(18)12-9(17)5-7-20-12/h4-7H,8H2,1-3H3. The van der Waals surface area contributed by atoms with Crippen LogP contribution in [0.1, 0.15) is 32.6 Å². The van der Waals surface area contributed by atoms with Crippen molar-refractivity contribution in [3.05, 3.63) is 45.7 Å². The minimum atomic E-state index is -0.160. The lowest BCUT2D eigenvalue weighted by Gasteiger charge is -2.11. The van der Waals surface area contributed by atoms with E-state index in [1.165, 1.54) is 11.3 Å². The molecule has 0 bridgehead atoms. The minimum Gasteiger partial charge on any atom is -0.423 e. The van der Waals surface area contributed by atoms with E-state index in [0.29, 0.717) is 18.3 Å². The number of hydrogen-bond acceptors (Lipinski definition) is 5. The summed E-state index contributed by atoms with van der Waals surface area (Å²) in [7, 11) is 0. The molecular formula is C14H15N3O2S. The van der Waals surface area contributed by atoms with Gasteiger partial charge in [-0.1, -0.05) is 20.8 Å². The van der Waals surface area contributed by atoms with E-state index in [1.54, 1.807) is 12.3 Å². The fourth-order valence-electron chi connectivity index (χ4n) is 1.93. The molecule has 0 saturated heterocycles. The molecule has 3 aromatic rings. The Kier molecular flexibility index (Phi) is 2.97. The second-order valence-corrected chi connectivity index (χ2v) is 6.61. The third-order valence-electron chi connectivity index (χ3n) is 3.00. The van der Waals surface area contributed by atoms with Gasteiger partial charge >= 0.3 is 0 Å². The lowest BCUT2D eigenvalue weighted by atomic mass is 9.97. The highest BCUT2D eigenvalue weighted by atomic mass is 32.1. The third-order valence-corrected chi connectivity index (χ3v) is 3.92. The maximum Gasteiger partial charge on any atom is 0.236 e. The van der Waals surface area contributed by atoms with Gasteiger partial charge in [0.05, 0.1) is 10.2 Å². The van der Waals surface area contributed by atoms with Crippen molar-refractivity contribution < 1.29 is 4.42 Å². The van der Waals surface area contributed by atoms with E-state index in [4.69, 9.17) is 4.42 Å². The van der Waals surface area contributed by atoms with Crippen LogP contribution in [0.15, 0.2) is 32.9 Å². The van der Waals surface area contributed by atoms with Crippen LogP contribution in [-0.2, 0) is 12.0 Å². The predicted octanol–water partition coefficient (Wildman–Crippen LogP) is 2.79. The lowest BCUT2D eigenvalue weighted by molar-refractivity contribution is 0.367. The summed E-state index contributed by atoms with van der Waals surface area (Å²) in [4.78, 5) is 11.7. The molecule has 104 valence electrons. The van der Waals surface area contributed by atoms with Gasteiger partial charge in [-0.2, -0.15) is 0 Å². The zero-order chi connectivity index (χ0) is 14.3. The first kappa shape index (κ1) is 13.1. The van der Waals surface area contributed by atoms with Gasteiger partial charge in [-0.25, -0.2) is 0 Å². The van der Waals surface area contributed by atoms with Gasteiger partial charge in [0, 0.05) is 17.7 Å². The fourth-order valence-corrected chi connectivity index (χ4v) is 2.75. The topological polar surface area (TPSA) is 60.9 Å². The zero-order valence-electron chi connectivity index (χ0n) is 11.6. The maximum absolute atomic E-state index is 11.7. The largest absolute Gasteiger partial charge is 0.423 e. The smallest absolute Gasteiger partial charge is 0.236 e. The van der Waals surface area contributed by atoms with Crippen LogP contribution < -0.4 is 5.43 Å². The molecule has 0 fully saturated rings. The van der Waals surface area contributed by atoms with Crippen molar-refractivity contribution in [1.82, 2.24) is 14.8 Å². The van der Waals surface area contributed by atoms with Gasteiger partial charge in [-0.15, -0.1) is 21.5 Å². The van der Waals surface area contributed by atoms with E-state index in [1.807, 2.05) is 36.8 Å². The summed E-state index contributed by atoms with van der Waals surface area (Å²) in [6, 6.07) is 3.50. The number of rotatable bonds is 2. The first-order chi connectivity index (χ1) is 9.45. The highest BCUT2D eigenvalue weighted by molar-refractivity contribution is 7.17. The van der Waals surface area contributed by atoms with Gasteiger partial charge in [-0.3, -0.25) is 4.79 Å². The number of pyridine rings is 1. The van der Waals surface area contributed by atoms with Crippen LogP contribution in [0.5, 0.6) is 0 Å². The Balaban J connectivity index is 1.98. The van der Waals surface area contributed by atoms with Crippen molar-refractivity contribution in [2.24, 2.45) is 0 Å². The zero-order valence-corrected chi connectivity index (χ0v) is 12.4. The number of nitrogens with zero attached hydrogens (tertiary/aromatic N) is 3. The van der Waals surface area contributed by atoms with Gasteiger partial charge in [0.1, 0.15) is 6.54 Å². The average Bonchev–Trinajstić information content (AvgIpc) is 3.00. The molecule has 0 aromatic carbocycles. The molecule has 0 N–H and O–H groups in total. The first-order valence-corrected chi connectivity index (χ1v) is 7.22. The van der Waals surface area contributed by atoms with Crippen molar-refractivity contribution in [3.8, 4) is 0 Å². The van der Waals surface area contributed by atoms with Crippen molar-refractivity contribution in [1.29, 1.82) is 0 Å². The van der Waals surface area contributed by atoms with Crippen molar-refractivity contribution in [2.45, 2.75) is 32.7 Å². The molecule has 0 aliphatic carbocycles. The van der Waals surface area contributed by atoms with E-state index >= 15 is 0 Å². The van der Waals surface area contributed by atoms with Crippen LogP contribution in [0, 0.1) is 0 Å². The average molecular weight is 289 g/mol. The molecule has 20 heavy (non-hydrogen) atoms. The molecule has 0 atom stereocenters. The van der Waals surface area contributed by atoms with Crippen molar-refractivity contribution in [3.63, 3.8) is 0 Å². The Morgan fingerprint density at radius 1 is 1.30 bits per heavy atom. The summed E-state index contributed by atoms with van der Waals surface area (Å²) in [6.45, 7) is 6.55. The molecule has 0 aliphatic heterocycles. The third kappa shape index (κ3) is 2.27. The van der Waals surface area contributed by atoms with Crippen LogP contribution in [0.3, 0.4) is 0 Å². The molecule has 0 radical (unpaired) electrons. The van der Waals surface area contributed by atoms with E-state index in [-0.39, 0.29) is 10.8 Å². The molecule has 3 heterocycles. The molecule has 6 heteroatoms. The van der Waals surface area contributed by atoms with E-state index in [0.717, 1.165) is 10.2 Å². The summed E-state index contributed by atoms with van der Waals surface area (Å²) in [5, 5.41) is 10.1. The first-order valence-electron chi connectivity index (χ1n) is 6.35. The molecule has 3 rings (SSSR count). The maximum atomic E-state index is 11.7. The van der Waals surface area contributed by atoms with Crippen LogP contribution in [0.25, 0.3) is 10.2 Å². The Hall–Kier alpha value is -1.95. The highest BCUT2D eigenvalue weighted by Gasteiger charge is 2.21. The van der Waals surface area contributed by atoms with Crippen LogP contribution in [0.4, 0.5) is 0 Å². The molecular weight excluding hydrogens is 274 g/mol. The normalized spacial score (nSPS) is 12.2. The Morgan fingerprint density at radius 2 is 2.10 bits per heavy atom. The lowest BCUT2D eigenvalue weighted by Crippen LogP contribution is -2.11. The summed E-state index contributed by atoms with van der Waals surface area (Å²) in [5.41, 5.74) is 0.789. The molecule has 5 nitrogen and oxygen atoms in total. The predicted molar refractivity (Wildman–Crippen MR) is 78.2 cm³/mol. The molecule has 0 aliphatic rings. The van der Waals surface area contributed by atoms with Gasteiger partial charge in [0.15, 0.2) is 5.43 Å². The quantitative estimate of drug-likeness (QED) is 0.728. The van der Waals surface area contributed by atoms with Gasteiger partial charge < -0.3 is 8.98 Å². The molecule has 3 aromatic heterocycles. The van der Waals surface area contributed by atoms with Crippen LogP contribution in [0.2, 0.25) is 0 Å². The van der Waals surface area contributed by atoms with E-state index in [9.17, 15) is 4.79 Å². The van der Waals surface area contributed by atoms with Crippen molar-refractivity contribution in [2.75, 3.05) is 0 Å². The molecule has 0 saturated carbocycles. The number of hydrogen-bond donors (Lipinski definition) is 0. The molecule has 0 spiro atoms. The van der Waals surface area contributed by atoms with Crippen LogP contribution in [-0.4, -0.2) is 14.8 Å². The fraction of sp³-hybridized carbons (Fsp3) is 0.357. The molecule has 0 amide bonds. The number of aromatic nitrogens is 3. The highest BCUT2D eigenvalue weighted by Crippen LogP contribution is 2.22. The summed E-state index contributed by atoms with van der Waals surface area (Å²) in [6.07, 6.45) is 1.76. The Morgan fingerprint density at radius 3 is 2.80 bits per heavy atom. The van der Waals surface area contributed by atoms with Crippen LogP contribution >= 0.6 is 11.3 Å². The molecule has 0 unspecified atom stereocenters. The van der Waals surface area contributed by atoms with Gasteiger partial charge in [0.2, 0.25) is 11.8 Å². The van der Waals surface area contributed by atoms with Crippen molar-refractivity contribution >= 4 is 21.6 Å². The Labute approximate surface area is 119 Å². The summed E-state index contributed by atoms with van der Waals surface area (Å²) < 4.78 is 8.39. The van der Waals surface area contributed by atoms with Gasteiger partial charge in [-0.05, 0) is 11.4 Å². The monoisotopic (exact) mass is 289 g/mol. The van der Waals surface area contributed by atoms with Gasteiger partial charge in [0.25, 0.3) is 0 Å². The van der Waals surface area contributed by atoms with E-state index in [2.05, 4.69) is 10.2 Å². The SMILES string of the molecule is CC(C)(C)c1nnc(Cn2ccc(=O)c3sccc32)o1. The minimum absolute atomic E-state index is 0.0483. The summed E-state index contributed by atoms with van der Waals surface area (Å²) in [5.74, 6) is 1.17.